The fourth-order valence-electron chi connectivity index (χ4n) is 2.64. The van der Waals surface area contributed by atoms with Crippen molar-refractivity contribution in [2.75, 3.05) is 14.1 Å². The second-order valence-corrected chi connectivity index (χ2v) is 7.29. The van der Waals surface area contributed by atoms with E-state index in [-0.39, 0.29) is 23.8 Å². The summed E-state index contributed by atoms with van der Waals surface area (Å²) in [7, 11) is 3.77. The summed E-state index contributed by atoms with van der Waals surface area (Å²) in [6.07, 6.45) is 0. The van der Waals surface area contributed by atoms with Gasteiger partial charge in [-0.15, -0.1) is 11.3 Å². The Morgan fingerprint density at radius 3 is 2.65 bits per heavy atom. The smallest absolute Gasteiger partial charge is 0.261 e. The van der Waals surface area contributed by atoms with Gasteiger partial charge in [0.15, 0.2) is 0 Å². The number of nitrogens with zero attached hydrogens (tertiary/aromatic N) is 2. The second-order valence-electron chi connectivity index (χ2n) is 6.30. The number of hydrogen-bond acceptors (Lipinski definition) is 5. The zero-order chi connectivity index (χ0) is 18.8. The van der Waals surface area contributed by atoms with Crippen LogP contribution >= 0.6 is 11.3 Å². The molecule has 1 aromatic carbocycles. The third-order valence-electron chi connectivity index (χ3n) is 3.89. The molecule has 0 saturated carbocycles. The molecule has 0 aliphatic carbocycles. The van der Waals surface area contributed by atoms with Crippen molar-refractivity contribution in [2.45, 2.75) is 20.0 Å². The van der Waals surface area contributed by atoms with E-state index in [1.54, 1.807) is 19.1 Å². The van der Waals surface area contributed by atoms with E-state index in [0.717, 1.165) is 5.56 Å². The average molecular weight is 374 g/mol. The van der Waals surface area contributed by atoms with Crippen molar-refractivity contribution in [3.05, 3.63) is 62.3 Å². The van der Waals surface area contributed by atoms with Crippen LogP contribution in [0.3, 0.4) is 0 Å². The molecule has 0 bridgehead atoms. The Morgan fingerprint density at radius 1 is 1.31 bits per heavy atom. The third-order valence-corrected chi connectivity index (χ3v) is 5.07. The summed E-state index contributed by atoms with van der Waals surface area (Å²) in [4.78, 5) is 35.1. The maximum absolute atomic E-state index is 12.9. The molecule has 26 heavy (non-hydrogen) atoms. The van der Waals surface area contributed by atoms with Crippen molar-refractivity contribution in [1.82, 2.24) is 20.2 Å². The number of aromatic amines is 1. The number of aryl methyl sites for hydroxylation is 1. The van der Waals surface area contributed by atoms with Crippen molar-refractivity contribution >= 4 is 27.5 Å². The maximum atomic E-state index is 12.9. The summed E-state index contributed by atoms with van der Waals surface area (Å²) >= 11 is 1.20. The first-order valence-corrected chi connectivity index (χ1v) is 8.86. The highest BCUT2D eigenvalue weighted by Gasteiger charge is 2.19. The summed E-state index contributed by atoms with van der Waals surface area (Å²) in [5, 5.41) is 3.25. The largest absolute Gasteiger partial charge is 0.347 e. The highest BCUT2D eigenvalue weighted by molar-refractivity contribution is 7.20. The highest BCUT2D eigenvalue weighted by atomic mass is 32.1. The van der Waals surface area contributed by atoms with Crippen molar-refractivity contribution < 1.29 is 9.18 Å². The normalized spacial score (nSPS) is 11.3. The SMILES string of the molecule is Cc1c(C(=O)NCc2ccc(F)cc2)sc2nc(CN(C)C)[nH]c(=O)c12. The second kappa shape index (κ2) is 7.35. The van der Waals surface area contributed by atoms with Gasteiger partial charge in [-0.1, -0.05) is 12.1 Å². The Balaban J connectivity index is 1.86. The van der Waals surface area contributed by atoms with Crippen molar-refractivity contribution in [3.63, 3.8) is 0 Å². The fraction of sp³-hybridized carbons (Fsp3) is 0.278. The van der Waals surface area contributed by atoms with Crippen molar-refractivity contribution in [1.29, 1.82) is 0 Å². The van der Waals surface area contributed by atoms with E-state index in [4.69, 9.17) is 0 Å². The van der Waals surface area contributed by atoms with Gasteiger partial charge in [0.05, 0.1) is 16.8 Å². The molecule has 0 atom stereocenters. The quantitative estimate of drug-likeness (QED) is 0.719. The lowest BCUT2D eigenvalue weighted by Crippen LogP contribution is -2.22. The van der Waals surface area contributed by atoms with Crippen molar-refractivity contribution in [2.24, 2.45) is 0 Å². The number of H-pyrrole nitrogens is 1. The van der Waals surface area contributed by atoms with E-state index < -0.39 is 0 Å². The molecule has 0 saturated heterocycles. The number of amides is 1. The zero-order valence-corrected chi connectivity index (χ0v) is 15.5. The monoisotopic (exact) mass is 374 g/mol. The highest BCUT2D eigenvalue weighted by Crippen LogP contribution is 2.27. The number of rotatable bonds is 5. The summed E-state index contributed by atoms with van der Waals surface area (Å²) in [6, 6.07) is 5.93. The topological polar surface area (TPSA) is 78.1 Å². The molecule has 2 aromatic heterocycles. The number of carbonyl (C=O) groups is 1. The van der Waals surface area contributed by atoms with E-state index in [2.05, 4.69) is 15.3 Å². The predicted molar refractivity (Wildman–Crippen MR) is 99.9 cm³/mol. The molecule has 3 aromatic rings. The van der Waals surface area contributed by atoms with E-state index in [1.807, 2.05) is 19.0 Å². The number of benzene rings is 1. The number of halogens is 1. The molecule has 0 spiro atoms. The lowest BCUT2D eigenvalue weighted by molar-refractivity contribution is 0.0954. The van der Waals surface area contributed by atoms with Gasteiger partial charge in [-0.25, -0.2) is 9.37 Å². The van der Waals surface area contributed by atoms with Gasteiger partial charge >= 0.3 is 0 Å². The fourth-order valence-corrected chi connectivity index (χ4v) is 3.76. The molecule has 1 amide bonds. The number of nitrogens with one attached hydrogen (secondary N) is 2. The molecular formula is C18H19FN4O2S. The van der Waals surface area contributed by atoms with Crippen LogP contribution in [0.25, 0.3) is 10.2 Å². The van der Waals surface area contributed by atoms with Gasteiger partial charge in [-0.3, -0.25) is 9.59 Å². The number of hydrogen-bond donors (Lipinski definition) is 2. The van der Waals surface area contributed by atoms with Gasteiger partial charge in [-0.2, -0.15) is 0 Å². The van der Waals surface area contributed by atoms with Crippen LogP contribution in [0.4, 0.5) is 4.39 Å². The molecule has 8 heteroatoms. The first kappa shape index (κ1) is 18.2. The molecule has 2 heterocycles. The van der Waals surface area contributed by atoms with Gasteiger partial charge in [0.2, 0.25) is 0 Å². The summed E-state index contributed by atoms with van der Waals surface area (Å²) in [5.74, 6) is -0.0327. The lowest BCUT2D eigenvalue weighted by atomic mass is 10.2. The van der Waals surface area contributed by atoms with Crippen LogP contribution < -0.4 is 10.9 Å². The number of fused-ring (bicyclic) bond motifs is 1. The predicted octanol–water partition coefficient (Wildman–Crippen LogP) is 2.42. The molecule has 136 valence electrons. The number of aromatic nitrogens is 2. The van der Waals surface area contributed by atoms with Crippen LogP contribution in [0.15, 0.2) is 29.1 Å². The van der Waals surface area contributed by atoms with Crippen LogP contribution in [0, 0.1) is 12.7 Å². The standard InChI is InChI=1S/C18H19FN4O2S/c1-10-14-16(24)21-13(9-23(2)3)22-18(14)26-15(10)17(25)20-8-11-4-6-12(19)7-5-11/h4-7H,8-9H2,1-3H3,(H,20,25)(H,21,22,24). The van der Waals surface area contributed by atoms with Crippen LogP contribution in [0.1, 0.15) is 26.6 Å². The Bertz CT molecular complexity index is 1010. The molecule has 0 radical (unpaired) electrons. The molecule has 0 fully saturated rings. The Morgan fingerprint density at radius 2 is 2.00 bits per heavy atom. The minimum absolute atomic E-state index is 0.238. The van der Waals surface area contributed by atoms with E-state index in [0.29, 0.717) is 33.0 Å². The minimum Gasteiger partial charge on any atom is -0.347 e. The van der Waals surface area contributed by atoms with E-state index in [1.165, 1.54) is 23.5 Å². The Hall–Kier alpha value is -2.58. The van der Waals surface area contributed by atoms with Crippen LogP contribution in [-0.2, 0) is 13.1 Å². The molecule has 2 N–H and O–H groups in total. The molecule has 3 rings (SSSR count). The molecule has 0 aliphatic rings. The molecular weight excluding hydrogens is 355 g/mol. The van der Waals surface area contributed by atoms with Gasteiger partial charge in [0.25, 0.3) is 11.5 Å². The summed E-state index contributed by atoms with van der Waals surface area (Å²) in [6.45, 7) is 2.53. The van der Waals surface area contributed by atoms with Gasteiger partial charge in [0, 0.05) is 6.54 Å². The number of carbonyl (C=O) groups excluding carboxylic acids is 1. The van der Waals surface area contributed by atoms with Gasteiger partial charge in [-0.05, 0) is 44.3 Å². The lowest BCUT2D eigenvalue weighted by Gasteiger charge is -2.07. The zero-order valence-electron chi connectivity index (χ0n) is 14.7. The van der Waals surface area contributed by atoms with Gasteiger partial charge in [0.1, 0.15) is 16.5 Å². The van der Waals surface area contributed by atoms with Crippen molar-refractivity contribution in [3.8, 4) is 0 Å². The van der Waals surface area contributed by atoms with E-state index >= 15 is 0 Å². The van der Waals surface area contributed by atoms with E-state index in [9.17, 15) is 14.0 Å². The van der Waals surface area contributed by atoms with Gasteiger partial charge < -0.3 is 15.2 Å². The minimum atomic E-state index is -0.320. The third kappa shape index (κ3) is 3.81. The Kier molecular flexibility index (Phi) is 5.15. The van der Waals surface area contributed by atoms with Crippen LogP contribution in [0.2, 0.25) is 0 Å². The first-order valence-electron chi connectivity index (χ1n) is 8.05. The molecule has 0 unspecified atom stereocenters. The average Bonchev–Trinajstić information content (AvgIpc) is 2.90. The summed E-state index contributed by atoms with van der Waals surface area (Å²) in [5.41, 5.74) is 1.17. The summed E-state index contributed by atoms with van der Waals surface area (Å²) < 4.78 is 12.9. The Labute approximate surface area is 153 Å². The maximum Gasteiger partial charge on any atom is 0.261 e. The molecule has 6 nitrogen and oxygen atoms in total. The number of thiophene rings is 1. The first-order chi connectivity index (χ1) is 12.3. The molecule has 0 aliphatic heterocycles. The van der Waals surface area contributed by atoms with Crippen LogP contribution in [-0.4, -0.2) is 34.9 Å². The van der Waals surface area contributed by atoms with Crippen LogP contribution in [0.5, 0.6) is 0 Å².